The minimum atomic E-state index is -1.70. The van der Waals surface area contributed by atoms with Gasteiger partial charge in [0, 0.05) is 38.5 Å². The van der Waals surface area contributed by atoms with Crippen LogP contribution in [-0.4, -0.2) is 54.6 Å². The van der Waals surface area contributed by atoms with Crippen LogP contribution in [0, 0.1) is 0 Å². The third-order valence-electron chi connectivity index (χ3n) is 5.27. The molecule has 5 rings (SSSR count). The van der Waals surface area contributed by atoms with Crippen LogP contribution in [0.1, 0.15) is 12.2 Å². The molecule has 10 nitrogen and oxygen atoms in total. The molecule has 0 bridgehead atoms. The van der Waals surface area contributed by atoms with Gasteiger partial charge < -0.3 is 19.8 Å². The number of aromatic nitrogens is 5. The van der Waals surface area contributed by atoms with Gasteiger partial charge in [-0.05, 0) is 30.3 Å². The van der Waals surface area contributed by atoms with Gasteiger partial charge >= 0.3 is 0 Å². The maximum absolute atomic E-state index is 12.3. The molecule has 0 radical (unpaired) electrons. The number of likely N-dealkylation sites (tertiary alicyclic amines) is 1. The highest BCUT2D eigenvalue weighted by molar-refractivity contribution is 5.87. The van der Waals surface area contributed by atoms with Crippen LogP contribution in [0.2, 0.25) is 0 Å². The predicted octanol–water partition coefficient (Wildman–Crippen LogP) is 2.38. The highest BCUT2D eigenvalue weighted by atomic mass is 16.5. The lowest BCUT2D eigenvalue weighted by molar-refractivity contribution is -0.144. The SMILES string of the molecule is CN1CC[C@@](O)(c2cc(-c3cccc(-c4ccnc(Nc5cccnc5)n4)n3)no2)C1=O. The zero-order valence-corrected chi connectivity index (χ0v) is 17.1. The number of aliphatic hydroxyl groups is 1. The molecule has 0 aromatic carbocycles. The molecule has 160 valence electrons. The van der Waals surface area contributed by atoms with Gasteiger partial charge in [-0.1, -0.05) is 11.2 Å². The van der Waals surface area contributed by atoms with E-state index in [0.717, 1.165) is 5.69 Å². The molecule has 5 heterocycles. The van der Waals surface area contributed by atoms with Crippen LogP contribution in [0.15, 0.2) is 65.6 Å². The van der Waals surface area contributed by atoms with Crippen LogP contribution < -0.4 is 5.32 Å². The second-order valence-corrected chi connectivity index (χ2v) is 7.45. The lowest BCUT2D eigenvalue weighted by Gasteiger charge is -2.16. The summed E-state index contributed by atoms with van der Waals surface area (Å²) in [7, 11) is 1.64. The van der Waals surface area contributed by atoms with E-state index in [-0.39, 0.29) is 12.2 Å². The molecule has 2 N–H and O–H groups in total. The summed E-state index contributed by atoms with van der Waals surface area (Å²) in [6.45, 7) is 0.447. The number of carbonyl (C=O) groups excluding carboxylic acids is 1. The Hall–Kier alpha value is -4.18. The molecular formula is C22H19N7O3. The Kier molecular flexibility index (Phi) is 4.83. The Morgan fingerprint density at radius 1 is 1.06 bits per heavy atom. The summed E-state index contributed by atoms with van der Waals surface area (Å²) in [6, 6.07) is 12.4. The van der Waals surface area contributed by atoms with E-state index >= 15 is 0 Å². The fraction of sp³-hybridized carbons (Fsp3) is 0.182. The Morgan fingerprint density at radius 3 is 2.62 bits per heavy atom. The maximum Gasteiger partial charge on any atom is 0.262 e. The molecule has 1 saturated heterocycles. The van der Waals surface area contributed by atoms with Gasteiger partial charge in [-0.3, -0.25) is 9.78 Å². The number of anilines is 2. The lowest BCUT2D eigenvalue weighted by Crippen LogP contribution is -2.35. The zero-order chi connectivity index (χ0) is 22.1. The van der Waals surface area contributed by atoms with Crippen molar-refractivity contribution in [3.8, 4) is 22.8 Å². The third-order valence-corrected chi connectivity index (χ3v) is 5.27. The first-order valence-corrected chi connectivity index (χ1v) is 9.96. The van der Waals surface area contributed by atoms with Gasteiger partial charge in [-0.25, -0.2) is 15.0 Å². The average Bonchev–Trinajstić information content (AvgIpc) is 3.43. The van der Waals surface area contributed by atoms with Gasteiger partial charge in [0.1, 0.15) is 5.69 Å². The van der Waals surface area contributed by atoms with Crippen molar-refractivity contribution >= 4 is 17.5 Å². The van der Waals surface area contributed by atoms with Gasteiger partial charge in [0.2, 0.25) is 11.5 Å². The van der Waals surface area contributed by atoms with Crippen molar-refractivity contribution in [1.29, 1.82) is 0 Å². The lowest BCUT2D eigenvalue weighted by atomic mass is 9.98. The monoisotopic (exact) mass is 429 g/mol. The molecule has 1 aliphatic rings. The molecular weight excluding hydrogens is 410 g/mol. The largest absolute Gasteiger partial charge is 0.373 e. The van der Waals surface area contributed by atoms with E-state index in [4.69, 9.17) is 4.52 Å². The minimum Gasteiger partial charge on any atom is -0.373 e. The highest BCUT2D eigenvalue weighted by Gasteiger charge is 2.48. The van der Waals surface area contributed by atoms with Gasteiger partial charge in [0.05, 0.1) is 29.0 Å². The summed E-state index contributed by atoms with van der Waals surface area (Å²) >= 11 is 0. The summed E-state index contributed by atoms with van der Waals surface area (Å²) in [6.07, 6.45) is 5.25. The van der Waals surface area contributed by atoms with E-state index in [9.17, 15) is 9.90 Å². The van der Waals surface area contributed by atoms with E-state index in [2.05, 4.69) is 30.4 Å². The van der Waals surface area contributed by atoms with E-state index in [1.165, 1.54) is 4.90 Å². The molecule has 0 aliphatic carbocycles. The molecule has 0 spiro atoms. The number of nitrogens with zero attached hydrogens (tertiary/aromatic N) is 6. The molecule has 1 fully saturated rings. The number of nitrogens with one attached hydrogen (secondary N) is 1. The molecule has 1 atom stereocenters. The smallest absolute Gasteiger partial charge is 0.262 e. The van der Waals surface area contributed by atoms with Crippen molar-refractivity contribution in [3.05, 3.63) is 66.8 Å². The number of carbonyl (C=O) groups is 1. The molecule has 0 saturated carbocycles. The summed E-state index contributed by atoms with van der Waals surface area (Å²) in [4.78, 5) is 31.2. The Morgan fingerprint density at radius 2 is 1.88 bits per heavy atom. The first kappa shape index (κ1) is 19.8. The summed E-state index contributed by atoms with van der Waals surface area (Å²) < 4.78 is 5.33. The van der Waals surface area contributed by atoms with E-state index in [1.807, 2.05) is 24.3 Å². The predicted molar refractivity (Wildman–Crippen MR) is 114 cm³/mol. The van der Waals surface area contributed by atoms with Crippen LogP contribution in [0.25, 0.3) is 22.8 Å². The minimum absolute atomic E-state index is 0.110. The molecule has 32 heavy (non-hydrogen) atoms. The van der Waals surface area contributed by atoms with Crippen molar-refractivity contribution in [2.45, 2.75) is 12.0 Å². The number of likely N-dealkylation sites (N-methyl/N-ethyl adjacent to an activating group) is 1. The third kappa shape index (κ3) is 3.56. The second kappa shape index (κ2) is 7.82. The first-order chi connectivity index (χ1) is 15.5. The maximum atomic E-state index is 12.3. The van der Waals surface area contributed by atoms with Gasteiger partial charge in [-0.15, -0.1) is 0 Å². The summed E-state index contributed by atoms with van der Waals surface area (Å²) in [5.41, 5.74) is 1.24. The second-order valence-electron chi connectivity index (χ2n) is 7.45. The van der Waals surface area contributed by atoms with Crippen molar-refractivity contribution in [1.82, 2.24) is 30.0 Å². The highest BCUT2D eigenvalue weighted by Crippen LogP contribution is 2.34. The van der Waals surface area contributed by atoms with Crippen LogP contribution in [-0.2, 0) is 10.4 Å². The molecule has 1 aliphatic heterocycles. The normalized spacial score (nSPS) is 18.2. The summed E-state index contributed by atoms with van der Waals surface area (Å²) in [5, 5.41) is 17.9. The standard InChI is InChI=1S/C22H19N7O3/c1-29-11-8-22(31,20(29)30)19-12-18(28-32-19)16-6-2-5-15(26-16)17-7-10-24-21(27-17)25-14-4-3-9-23-13-14/h2-7,9-10,12-13,31H,8,11H2,1H3,(H,24,25,27)/t22-/m1/s1. The number of amides is 1. The van der Waals surface area contributed by atoms with Crippen LogP contribution >= 0.6 is 0 Å². The van der Waals surface area contributed by atoms with Crippen molar-refractivity contribution in [2.75, 3.05) is 18.9 Å². The fourth-order valence-electron chi connectivity index (χ4n) is 3.52. The topological polar surface area (TPSA) is 130 Å². The molecule has 4 aromatic rings. The van der Waals surface area contributed by atoms with Crippen LogP contribution in [0.5, 0.6) is 0 Å². The van der Waals surface area contributed by atoms with Crippen molar-refractivity contribution in [2.24, 2.45) is 0 Å². The van der Waals surface area contributed by atoms with Gasteiger partial charge in [-0.2, -0.15) is 0 Å². The summed E-state index contributed by atoms with van der Waals surface area (Å²) in [5.74, 6) is 0.119. The fourth-order valence-corrected chi connectivity index (χ4v) is 3.52. The van der Waals surface area contributed by atoms with E-state index in [0.29, 0.717) is 35.3 Å². The molecule has 0 unspecified atom stereocenters. The Balaban J connectivity index is 1.42. The molecule has 1 amide bonds. The van der Waals surface area contributed by atoms with Gasteiger partial charge in [0.15, 0.2) is 5.76 Å². The first-order valence-electron chi connectivity index (χ1n) is 9.96. The van der Waals surface area contributed by atoms with Crippen LogP contribution in [0.4, 0.5) is 11.6 Å². The van der Waals surface area contributed by atoms with E-state index < -0.39 is 11.5 Å². The van der Waals surface area contributed by atoms with Crippen molar-refractivity contribution < 1.29 is 14.4 Å². The van der Waals surface area contributed by atoms with Crippen molar-refractivity contribution in [3.63, 3.8) is 0 Å². The number of hydrogen-bond acceptors (Lipinski definition) is 9. The zero-order valence-electron chi connectivity index (χ0n) is 17.1. The number of pyridine rings is 2. The Bertz CT molecular complexity index is 1280. The van der Waals surface area contributed by atoms with Gasteiger partial charge in [0.25, 0.3) is 5.91 Å². The van der Waals surface area contributed by atoms with Crippen LogP contribution in [0.3, 0.4) is 0 Å². The average molecular weight is 429 g/mol. The quantitative estimate of drug-likeness (QED) is 0.491. The molecule has 10 heteroatoms. The Labute approximate surface area is 183 Å². The van der Waals surface area contributed by atoms with E-state index in [1.54, 1.807) is 43.8 Å². The number of rotatable bonds is 5. The molecule has 4 aromatic heterocycles. The number of hydrogen-bond donors (Lipinski definition) is 2.